The maximum Gasteiger partial charge on any atom is 0.169 e. The summed E-state index contributed by atoms with van der Waals surface area (Å²) in [5.41, 5.74) is 5.23. The highest BCUT2D eigenvalue weighted by atomic mass is 32.2. The summed E-state index contributed by atoms with van der Waals surface area (Å²) in [6.07, 6.45) is 0. The van der Waals surface area contributed by atoms with Crippen LogP contribution in [0.1, 0.15) is 17.0 Å². The van der Waals surface area contributed by atoms with E-state index < -0.39 is 0 Å². The highest BCUT2D eigenvalue weighted by molar-refractivity contribution is 7.98. The van der Waals surface area contributed by atoms with Crippen molar-refractivity contribution in [1.82, 2.24) is 19.3 Å². The van der Waals surface area contributed by atoms with Crippen LogP contribution in [-0.4, -0.2) is 33.0 Å². The molecule has 2 aromatic heterocycles. The van der Waals surface area contributed by atoms with E-state index in [1.165, 1.54) is 0 Å². The first-order valence-electron chi connectivity index (χ1n) is 9.34. The average molecular weight is 404 g/mol. The molecule has 0 unspecified atom stereocenters. The molecule has 0 bridgehead atoms. The molecule has 0 aliphatic heterocycles. The zero-order valence-corrected chi connectivity index (χ0v) is 17.2. The minimum atomic E-state index is 0.592. The minimum absolute atomic E-state index is 0.592. The fourth-order valence-corrected chi connectivity index (χ4v) is 4.37. The van der Waals surface area contributed by atoms with Crippen LogP contribution < -0.4 is 0 Å². The van der Waals surface area contributed by atoms with Gasteiger partial charge in [0.1, 0.15) is 6.07 Å². The van der Waals surface area contributed by atoms with Crippen LogP contribution in [0.4, 0.5) is 0 Å². The van der Waals surface area contributed by atoms with Crippen LogP contribution in [0.5, 0.6) is 0 Å². The SMILES string of the molecule is COCCn1c(SCc2c(C#N)c(C)nn2-c2ccccc2)nc2ccccc21. The molecule has 146 valence electrons. The molecule has 0 spiro atoms. The number of fused-ring (bicyclic) bond motifs is 1. The van der Waals surface area contributed by atoms with Gasteiger partial charge in [-0.05, 0) is 31.2 Å². The summed E-state index contributed by atoms with van der Waals surface area (Å²) in [4.78, 5) is 4.80. The molecule has 0 radical (unpaired) electrons. The van der Waals surface area contributed by atoms with Crippen molar-refractivity contribution in [2.24, 2.45) is 0 Å². The quantitative estimate of drug-likeness (QED) is 0.429. The van der Waals surface area contributed by atoms with E-state index in [4.69, 9.17) is 9.72 Å². The van der Waals surface area contributed by atoms with Gasteiger partial charge in [0.05, 0.1) is 40.3 Å². The second-order valence-electron chi connectivity index (χ2n) is 6.58. The zero-order valence-electron chi connectivity index (χ0n) is 16.4. The Balaban J connectivity index is 1.70. The Morgan fingerprint density at radius 3 is 2.62 bits per heavy atom. The smallest absolute Gasteiger partial charge is 0.169 e. The van der Waals surface area contributed by atoms with Crippen molar-refractivity contribution < 1.29 is 4.74 Å². The molecule has 2 heterocycles. The van der Waals surface area contributed by atoms with Crippen molar-refractivity contribution in [2.45, 2.75) is 24.4 Å². The third-order valence-corrected chi connectivity index (χ3v) is 5.73. The van der Waals surface area contributed by atoms with Gasteiger partial charge in [-0.1, -0.05) is 42.1 Å². The molecule has 7 heteroatoms. The molecule has 4 aromatic rings. The number of methoxy groups -OCH3 is 1. The lowest BCUT2D eigenvalue weighted by Gasteiger charge is -2.10. The summed E-state index contributed by atoms with van der Waals surface area (Å²) in [6.45, 7) is 3.21. The van der Waals surface area contributed by atoms with Gasteiger partial charge in [0, 0.05) is 19.4 Å². The van der Waals surface area contributed by atoms with Gasteiger partial charge in [0.2, 0.25) is 0 Å². The normalized spacial score (nSPS) is 11.1. The molecule has 0 saturated heterocycles. The number of hydrogen-bond donors (Lipinski definition) is 0. The Hall–Kier alpha value is -3.08. The van der Waals surface area contributed by atoms with E-state index in [9.17, 15) is 5.26 Å². The van der Waals surface area contributed by atoms with E-state index in [2.05, 4.69) is 21.8 Å². The highest BCUT2D eigenvalue weighted by Crippen LogP contribution is 2.29. The molecule has 0 aliphatic carbocycles. The van der Waals surface area contributed by atoms with E-state index in [1.807, 2.05) is 60.1 Å². The summed E-state index contributed by atoms with van der Waals surface area (Å²) in [6, 6.07) is 20.3. The van der Waals surface area contributed by atoms with Crippen molar-refractivity contribution >= 4 is 22.8 Å². The van der Waals surface area contributed by atoms with Crippen molar-refractivity contribution in [1.29, 1.82) is 5.26 Å². The maximum atomic E-state index is 9.69. The van der Waals surface area contributed by atoms with E-state index >= 15 is 0 Å². The number of thioether (sulfide) groups is 1. The van der Waals surface area contributed by atoms with Gasteiger partial charge in [0.25, 0.3) is 0 Å². The fraction of sp³-hybridized carbons (Fsp3) is 0.227. The molecule has 4 rings (SSSR count). The number of benzene rings is 2. The Kier molecular flexibility index (Phi) is 5.65. The van der Waals surface area contributed by atoms with E-state index in [1.54, 1.807) is 18.9 Å². The number of nitriles is 1. The molecule has 0 atom stereocenters. The standard InChI is InChI=1S/C22H21N5OS/c1-16-18(14-23)21(27(25-16)17-8-4-3-5-9-17)15-29-22-24-19-10-6-7-11-20(19)26(22)12-13-28-2/h3-11H,12-13,15H2,1-2H3. The van der Waals surface area contributed by atoms with Crippen molar-refractivity contribution in [3.63, 3.8) is 0 Å². The van der Waals surface area contributed by atoms with Gasteiger partial charge < -0.3 is 9.30 Å². The second kappa shape index (κ2) is 8.52. The molecule has 0 fully saturated rings. The highest BCUT2D eigenvalue weighted by Gasteiger charge is 2.18. The Bertz CT molecular complexity index is 1170. The number of aromatic nitrogens is 4. The monoisotopic (exact) mass is 403 g/mol. The predicted octanol–water partition coefficient (Wildman–Crippen LogP) is 4.34. The first-order valence-corrected chi connectivity index (χ1v) is 10.3. The molecule has 2 aromatic carbocycles. The molecule has 0 N–H and O–H groups in total. The summed E-state index contributed by atoms with van der Waals surface area (Å²) >= 11 is 1.61. The largest absolute Gasteiger partial charge is 0.383 e. The van der Waals surface area contributed by atoms with Gasteiger partial charge in [-0.15, -0.1) is 0 Å². The van der Waals surface area contributed by atoms with Gasteiger partial charge in [0.15, 0.2) is 5.16 Å². The van der Waals surface area contributed by atoms with Crippen LogP contribution in [0, 0.1) is 18.3 Å². The summed E-state index contributed by atoms with van der Waals surface area (Å²) < 4.78 is 9.32. The Morgan fingerprint density at radius 1 is 1.10 bits per heavy atom. The van der Waals surface area contributed by atoms with Crippen LogP contribution >= 0.6 is 11.8 Å². The lowest BCUT2D eigenvalue weighted by atomic mass is 10.2. The Labute approximate surface area is 173 Å². The zero-order chi connectivity index (χ0) is 20.2. The van der Waals surface area contributed by atoms with Crippen molar-refractivity contribution in [3.8, 4) is 11.8 Å². The molecule has 29 heavy (non-hydrogen) atoms. The van der Waals surface area contributed by atoms with Gasteiger partial charge in [-0.25, -0.2) is 9.67 Å². The van der Waals surface area contributed by atoms with Crippen LogP contribution in [-0.2, 0) is 17.0 Å². The first-order chi connectivity index (χ1) is 14.2. The minimum Gasteiger partial charge on any atom is -0.383 e. The van der Waals surface area contributed by atoms with Crippen molar-refractivity contribution in [2.75, 3.05) is 13.7 Å². The maximum absolute atomic E-state index is 9.69. The number of aryl methyl sites for hydroxylation is 1. The van der Waals surface area contributed by atoms with Crippen LogP contribution in [0.3, 0.4) is 0 Å². The number of para-hydroxylation sites is 3. The second-order valence-corrected chi connectivity index (χ2v) is 7.52. The Morgan fingerprint density at radius 2 is 1.86 bits per heavy atom. The van der Waals surface area contributed by atoms with Gasteiger partial charge in [-0.2, -0.15) is 10.4 Å². The number of ether oxygens (including phenoxy) is 1. The first kappa shape index (κ1) is 19.2. The average Bonchev–Trinajstić information content (AvgIpc) is 3.27. The van der Waals surface area contributed by atoms with E-state index in [0.717, 1.165) is 39.8 Å². The summed E-state index contributed by atoms with van der Waals surface area (Å²) in [5.74, 6) is 0.592. The molecule has 0 saturated carbocycles. The van der Waals surface area contributed by atoms with Gasteiger partial charge >= 0.3 is 0 Å². The van der Waals surface area contributed by atoms with Crippen LogP contribution in [0.2, 0.25) is 0 Å². The number of rotatable bonds is 7. The third-order valence-electron chi connectivity index (χ3n) is 4.75. The molecular weight excluding hydrogens is 382 g/mol. The number of hydrogen-bond acceptors (Lipinski definition) is 5. The lowest BCUT2D eigenvalue weighted by Crippen LogP contribution is -2.06. The molecule has 0 amide bonds. The number of imidazole rings is 1. The fourth-order valence-electron chi connectivity index (χ4n) is 3.33. The lowest BCUT2D eigenvalue weighted by molar-refractivity contribution is 0.186. The third kappa shape index (κ3) is 3.77. The van der Waals surface area contributed by atoms with E-state index in [0.29, 0.717) is 17.9 Å². The number of nitrogens with zero attached hydrogens (tertiary/aromatic N) is 5. The van der Waals surface area contributed by atoms with Gasteiger partial charge in [-0.3, -0.25) is 0 Å². The van der Waals surface area contributed by atoms with Crippen LogP contribution in [0.15, 0.2) is 59.8 Å². The molecule has 6 nitrogen and oxygen atoms in total. The summed E-state index contributed by atoms with van der Waals surface area (Å²) in [7, 11) is 1.70. The topological polar surface area (TPSA) is 68.7 Å². The molecule has 0 aliphatic rings. The predicted molar refractivity (Wildman–Crippen MR) is 114 cm³/mol. The summed E-state index contributed by atoms with van der Waals surface area (Å²) in [5, 5.41) is 15.2. The molecular formula is C22H21N5OS. The van der Waals surface area contributed by atoms with E-state index in [-0.39, 0.29) is 0 Å². The van der Waals surface area contributed by atoms with Crippen molar-refractivity contribution in [3.05, 3.63) is 71.5 Å². The van der Waals surface area contributed by atoms with Crippen LogP contribution in [0.25, 0.3) is 16.7 Å².